The van der Waals surface area contributed by atoms with Crippen LogP contribution in [0.15, 0.2) is 67.3 Å². The topological polar surface area (TPSA) is 396 Å². The first-order valence-electron chi connectivity index (χ1n) is 45.1. The first-order chi connectivity index (χ1) is 66.9. The van der Waals surface area contributed by atoms with Crippen molar-refractivity contribution in [3.8, 4) is 0 Å². The molecule has 7 aromatic rings. The predicted octanol–water partition coefficient (Wildman–Crippen LogP) is 30.3. The van der Waals surface area contributed by atoms with Gasteiger partial charge in [-0.3, -0.25) is 35.1 Å². The van der Waals surface area contributed by atoms with Crippen molar-refractivity contribution < 1.29 is 98.4 Å². The van der Waals surface area contributed by atoms with Gasteiger partial charge in [0.15, 0.2) is 58.0 Å². The molecule has 0 fully saturated rings. The molecule has 1 atom stereocenters. The van der Waals surface area contributed by atoms with E-state index in [1.165, 1.54) is 25.7 Å². The minimum atomic E-state index is -5.04. The summed E-state index contributed by atoms with van der Waals surface area (Å²) < 4.78 is 88.7. The molecule has 4 aliphatic heterocycles. The van der Waals surface area contributed by atoms with Crippen molar-refractivity contribution in [3.05, 3.63) is 170 Å². The largest absolute Gasteiger partial charge is 0.492 e. The number of nitrogens with one attached hydrogen (secondary N) is 2. The molecule has 0 aromatic carbocycles. The van der Waals surface area contributed by atoms with Crippen molar-refractivity contribution in [2.75, 3.05) is 81.0 Å². The van der Waals surface area contributed by atoms with Gasteiger partial charge in [0, 0.05) is 68.1 Å². The number of amides is 7. The van der Waals surface area contributed by atoms with Crippen molar-refractivity contribution in [2.24, 2.45) is 5.73 Å². The molecule has 1 unspecified atom stereocenters. The summed E-state index contributed by atoms with van der Waals surface area (Å²) in [6.45, 7) is 65.6. The Morgan fingerprint density at radius 2 is 0.770 bits per heavy atom. The van der Waals surface area contributed by atoms with Crippen LogP contribution in [0.25, 0.3) is 5.76 Å². The number of nitrogens with two attached hydrogens (primary N) is 1. The molecule has 0 aliphatic carbocycles. The van der Waals surface area contributed by atoms with Gasteiger partial charge in [-0.25, -0.2) is 73.2 Å². The van der Waals surface area contributed by atoms with E-state index in [1.54, 1.807) is 153 Å². The van der Waals surface area contributed by atoms with E-state index in [-0.39, 0.29) is 86.8 Å². The van der Waals surface area contributed by atoms with E-state index in [9.17, 15) is 56.6 Å². The normalized spacial score (nSPS) is 14.9. The summed E-state index contributed by atoms with van der Waals surface area (Å²) in [4.78, 5) is 132. The molecule has 50 heteroatoms. The van der Waals surface area contributed by atoms with E-state index in [0.29, 0.717) is 89.7 Å². The third-order valence-electron chi connectivity index (χ3n) is 19.7. The van der Waals surface area contributed by atoms with Gasteiger partial charge in [0.25, 0.3) is 0 Å². The second-order valence-electron chi connectivity index (χ2n) is 43.2. The number of carbonyl (C=O) groups excluding carboxylic acids is 8. The van der Waals surface area contributed by atoms with Gasteiger partial charge in [0.05, 0.1) is 52.1 Å². The molecular formula is C98H124BrCl11F3I2N15O18. The van der Waals surface area contributed by atoms with Crippen LogP contribution in [0.2, 0.25) is 56.7 Å². The number of aliphatic hydroxyl groups is 1. The third-order valence-corrected chi connectivity index (χ3v) is 24.3. The number of carbonyl (C=O) groups is 8. The van der Waals surface area contributed by atoms with Gasteiger partial charge in [0.1, 0.15) is 71.3 Å². The second-order valence-corrected chi connectivity index (χ2v) is 49.9. The lowest BCUT2D eigenvalue weighted by Gasteiger charge is -2.30. The minimum Gasteiger partial charge on any atom is -0.492 e. The van der Waals surface area contributed by atoms with Gasteiger partial charge in [-0.05, 0) is 275 Å². The van der Waals surface area contributed by atoms with Gasteiger partial charge < -0.3 is 52.6 Å². The fraction of sp³-hybridized carbons (Fsp3) is 0.520. The van der Waals surface area contributed by atoms with Crippen molar-refractivity contribution in [1.29, 1.82) is 0 Å². The number of nitrogens with zero attached hydrogens (tertiary/aromatic N) is 12. The van der Waals surface area contributed by atoms with E-state index < -0.39 is 123 Å². The van der Waals surface area contributed by atoms with Crippen LogP contribution in [0.4, 0.5) is 86.5 Å². The summed E-state index contributed by atoms with van der Waals surface area (Å²) >= 11 is 72.6. The van der Waals surface area contributed by atoms with E-state index in [4.69, 9.17) is 171 Å². The van der Waals surface area contributed by atoms with Gasteiger partial charge in [0.2, 0.25) is 5.60 Å². The van der Waals surface area contributed by atoms with Crippen LogP contribution >= 0.6 is 189 Å². The number of anilines is 7. The molecule has 7 amide bonds. The SMILES string of the molecule is C=C(C)CN(C(=O)OC(C)(C)C)c1c(I)cc(Cl)nc1Cl.C=C(OCC)c1cc2c(c(Cl)n1)N(C(=O)OC(C)(C)C)CC2(C)C.CC(C)(C)OC(=O)N1CC(C)(C)c2cc(C(=O)OBr)nc(Cl)c21.CC(C)(C)OC(=O)N1CC(C)(C)c2cc(C(O)(CN)C(F)(F)F)nc(Cl)c21.CC(C)(C)OC(=O)N1CC(C)(C)c2cc(Cl)nc(Cl)c21.CC(C)(C)OC(=O)Nc1c(I)cc(Cl)nc1Cl.CC(C)(C)OC(=O)Nc1ccc(Cl)nc1Cl. The molecule has 33 nitrogen and oxygen atoms in total. The molecule has 148 heavy (non-hydrogen) atoms. The zero-order valence-electron chi connectivity index (χ0n) is 87.7. The zero-order valence-corrected chi connectivity index (χ0v) is 102. The second kappa shape index (κ2) is 50.8. The van der Waals surface area contributed by atoms with Crippen molar-refractivity contribution >= 4 is 283 Å². The smallest absolute Gasteiger partial charge is 0.424 e. The van der Waals surface area contributed by atoms with Crippen LogP contribution in [0, 0.1) is 7.14 Å². The van der Waals surface area contributed by atoms with Crippen LogP contribution in [-0.4, -0.2) is 180 Å². The third kappa shape index (κ3) is 37.7. The number of alkyl halides is 3. The maximum absolute atomic E-state index is 13.4. The Morgan fingerprint density at radius 1 is 0.446 bits per heavy atom. The lowest BCUT2D eigenvalue weighted by molar-refractivity contribution is -0.263. The minimum absolute atomic E-state index is 0.0619. The summed E-state index contributed by atoms with van der Waals surface area (Å²) in [5.74, 6) is -0.185. The zero-order chi connectivity index (χ0) is 114. The van der Waals surface area contributed by atoms with Crippen LogP contribution in [-0.2, 0) is 69.0 Å². The van der Waals surface area contributed by atoms with Gasteiger partial charge in [-0.2, -0.15) is 13.2 Å². The van der Waals surface area contributed by atoms with Crippen molar-refractivity contribution in [3.63, 3.8) is 0 Å². The number of hydrogen-bond donors (Lipinski definition) is 4. The number of aromatic nitrogens is 7. The highest BCUT2D eigenvalue weighted by atomic mass is 127. The van der Waals surface area contributed by atoms with E-state index >= 15 is 0 Å². The fourth-order valence-corrected chi connectivity index (χ4v) is 18.9. The summed E-state index contributed by atoms with van der Waals surface area (Å²) in [5.41, 5.74) is 2.66. The van der Waals surface area contributed by atoms with Crippen LogP contribution < -0.4 is 40.9 Å². The highest BCUT2D eigenvalue weighted by molar-refractivity contribution is 14.1. The van der Waals surface area contributed by atoms with E-state index in [2.05, 4.69) is 115 Å². The summed E-state index contributed by atoms with van der Waals surface area (Å²) in [5, 5.41) is 16.9. The molecule has 11 heterocycles. The first kappa shape index (κ1) is 131. The molecule has 0 radical (unpaired) electrons. The Balaban J connectivity index is 0.000000305. The Hall–Kier alpha value is -7.47. The molecule has 5 N–H and O–H groups in total. The van der Waals surface area contributed by atoms with Crippen molar-refractivity contribution in [2.45, 2.75) is 287 Å². The molecule has 0 saturated heterocycles. The molecule has 11 rings (SSSR count). The average Bonchev–Trinajstić information content (AvgIpc) is 1.58. The number of fused-ring (bicyclic) bond motifs is 4. The first-order valence-corrected chi connectivity index (χ1v) is 52.1. The quantitative estimate of drug-likeness (QED) is 0.0307. The van der Waals surface area contributed by atoms with Crippen LogP contribution in [0.3, 0.4) is 0 Å². The summed E-state index contributed by atoms with van der Waals surface area (Å²) in [6, 6.07) is 12.7. The number of hydrogen-bond acceptors (Lipinski definition) is 26. The maximum Gasteiger partial charge on any atom is 0.424 e. The van der Waals surface area contributed by atoms with E-state index in [0.717, 1.165) is 28.3 Å². The molecule has 7 aromatic heterocycles. The van der Waals surface area contributed by atoms with Gasteiger partial charge >= 0.3 is 54.8 Å². The standard InChI is InChI=1S/C18H25ClN2O3.C17H23ClF3N3O3.C15H18BrClN2O4.C14H17Cl2IN2O2.C14H18Cl2N2O2.C10H11Cl2IN2O2.C10H12Cl2N2O2/c1-8-23-11(2)13-9-12-14(15(19)20-13)21(10-18(12,6)7)16(22)24-17(3,4)5;1-14(2,3)27-13(25)24-8-15(4,5)9-6-10(23-12(18)11(9)24)16(26,7-22)17(19,20)21;1-14(2,3)22-13(21)19-7-15(4,5)8-6-9(12(20)23-16)18-11(17)10(8)19;1-8(2)7-19(13(20)21-14(3,4)5)11-9(17)6-10(15)18-12(11)16;1-13(2,3)20-12(19)18-7-14(4,5)8-6-9(15)17-11(16)10(8)18;1-10(2,3)17-9(16)15-7-5(13)4-6(11)14-8(7)12;1-10(2,3)16-9(15)13-6-4-5-7(11)14-8(6)12/h9H,2,8,10H2,1,3-7H3;6,26H,7-8,22H2,1-5H3;6H,7H2,1-5H3;6H,1,7H2,2-5H3;6H,7H2,1-5H3;4H,1-3H3,(H,15,16);4-5H,1-3H3,(H,13,15). The number of rotatable bonds is 11. The lowest BCUT2D eigenvalue weighted by Crippen LogP contribution is -2.49. The molecule has 4 aliphatic rings. The van der Waals surface area contributed by atoms with Crippen LogP contribution in [0.1, 0.15) is 259 Å². The Labute approximate surface area is 952 Å². The Morgan fingerprint density at radius 3 is 1.11 bits per heavy atom. The van der Waals surface area contributed by atoms with E-state index in [1.807, 2.05) is 112 Å². The van der Waals surface area contributed by atoms with Gasteiger partial charge in [-0.1, -0.05) is 202 Å². The average molecular weight is 2580 g/mol. The lowest BCUT2D eigenvalue weighted by atomic mass is 9.85. The number of ether oxygens (including phenoxy) is 8. The molecule has 818 valence electrons. The number of pyridine rings is 7. The Bertz CT molecular complexity index is 6080. The Kier molecular flexibility index (Phi) is 45.0. The molecule has 0 saturated carbocycles. The highest BCUT2D eigenvalue weighted by Gasteiger charge is 2.57. The maximum atomic E-state index is 13.4. The summed E-state index contributed by atoms with van der Waals surface area (Å²) in [6.07, 6.45) is -8.74. The molecule has 0 bridgehead atoms. The fourth-order valence-electron chi connectivity index (χ4n) is 13.7. The number of halogens is 17. The van der Waals surface area contributed by atoms with Crippen LogP contribution in [0.5, 0.6) is 0 Å². The predicted molar refractivity (Wildman–Crippen MR) is 599 cm³/mol. The monoisotopic (exact) mass is 2570 g/mol. The molecule has 0 spiro atoms. The van der Waals surface area contributed by atoms with Crippen molar-refractivity contribution in [1.82, 2.24) is 34.9 Å². The summed E-state index contributed by atoms with van der Waals surface area (Å²) in [7, 11) is 0. The highest BCUT2D eigenvalue weighted by Crippen LogP contribution is 2.52. The molecular weight excluding hydrogens is 2460 g/mol. The van der Waals surface area contributed by atoms with Gasteiger partial charge in [-0.15, -0.1) is 0 Å².